The Morgan fingerprint density at radius 1 is 0.929 bits per heavy atom. The monoisotopic (exact) mass is 380 g/mol. The minimum absolute atomic E-state index is 0.719. The Labute approximate surface area is 173 Å². The van der Waals surface area contributed by atoms with E-state index >= 15 is 0 Å². The molecular formula is C27H40O. The zero-order valence-corrected chi connectivity index (χ0v) is 18.0. The lowest BCUT2D eigenvalue weighted by Gasteiger charge is -2.37. The third kappa shape index (κ3) is 6.34. The van der Waals surface area contributed by atoms with Crippen LogP contribution in [0.1, 0.15) is 88.2 Å². The van der Waals surface area contributed by atoms with E-state index in [0.29, 0.717) is 0 Å². The summed E-state index contributed by atoms with van der Waals surface area (Å²) < 4.78 is 5.68. The van der Waals surface area contributed by atoms with Gasteiger partial charge in [-0.2, -0.15) is 0 Å². The molecule has 2 fully saturated rings. The molecule has 1 aromatic rings. The second kappa shape index (κ2) is 11.6. The molecule has 0 aromatic heterocycles. The van der Waals surface area contributed by atoms with Gasteiger partial charge in [0, 0.05) is 0 Å². The molecule has 1 nitrogen and oxygen atoms in total. The summed E-state index contributed by atoms with van der Waals surface area (Å²) >= 11 is 0. The maximum absolute atomic E-state index is 5.68. The number of ether oxygens (including phenoxy) is 1. The molecule has 0 unspecified atom stereocenters. The second-order valence-corrected chi connectivity index (χ2v) is 8.99. The average Bonchev–Trinajstić information content (AvgIpc) is 2.76. The van der Waals surface area contributed by atoms with Gasteiger partial charge in [0.05, 0.1) is 13.2 Å². The maximum atomic E-state index is 5.68. The lowest BCUT2D eigenvalue weighted by molar-refractivity contribution is 0.125. The van der Waals surface area contributed by atoms with E-state index < -0.39 is 0 Å². The fraction of sp³-hybridized carbons (Fsp3) is 0.630. The summed E-state index contributed by atoms with van der Waals surface area (Å²) in [5, 5.41) is 0. The Kier molecular flexibility index (Phi) is 8.86. The van der Waals surface area contributed by atoms with E-state index in [0.717, 1.165) is 43.3 Å². The molecule has 28 heavy (non-hydrogen) atoms. The van der Waals surface area contributed by atoms with Crippen LogP contribution in [0, 0.1) is 17.8 Å². The largest absolute Gasteiger partial charge is 0.376 e. The highest BCUT2D eigenvalue weighted by molar-refractivity contribution is 5.25. The van der Waals surface area contributed by atoms with Crippen molar-refractivity contribution in [3.05, 3.63) is 60.2 Å². The van der Waals surface area contributed by atoms with Crippen molar-refractivity contribution < 1.29 is 4.74 Å². The van der Waals surface area contributed by atoms with Gasteiger partial charge in [-0.1, -0.05) is 49.4 Å². The number of hydrogen-bond donors (Lipinski definition) is 0. The van der Waals surface area contributed by atoms with E-state index in [9.17, 15) is 0 Å². The Morgan fingerprint density at radius 3 is 2.18 bits per heavy atom. The molecule has 0 spiro atoms. The molecule has 1 heteroatoms. The summed E-state index contributed by atoms with van der Waals surface area (Å²) in [6, 6.07) is 9.23. The van der Waals surface area contributed by atoms with Crippen LogP contribution in [-0.2, 0) is 11.3 Å². The average molecular weight is 381 g/mol. The van der Waals surface area contributed by atoms with Crippen molar-refractivity contribution in [3.8, 4) is 0 Å². The molecule has 154 valence electrons. The lowest BCUT2D eigenvalue weighted by Crippen LogP contribution is -2.25. The van der Waals surface area contributed by atoms with Gasteiger partial charge in [-0.15, -0.1) is 6.58 Å². The first-order chi connectivity index (χ1) is 13.8. The predicted molar refractivity (Wildman–Crippen MR) is 120 cm³/mol. The smallest absolute Gasteiger partial charge is 0.0717 e. The highest BCUT2D eigenvalue weighted by atomic mass is 16.5. The fourth-order valence-electron chi connectivity index (χ4n) is 5.30. The first-order valence-electron chi connectivity index (χ1n) is 11.7. The predicted octanol–water partition coefficient (Wildman–Crippen LogP) is 7.83. The first-order valence-corrected chi connectivity index (χ1v) is 11.7. The topological polar surface area (TPSA) is 9.23 Å². The van der Waals surface area contributed by atoms with Crippen LogP contribution in [-0.4, -0.2) is 6.61 Å². The van der Waals surface area contributed by atoms with Gasteiger partial charge in [-0.05, 0) is 99.0 Å². The van der Waals surface area contributed by atoms with Gasteiger partial charge in [-0.25, -0.2) is 0 Å². The van der Waals surface area contributed by atoms with Crippen LogP contribution >= 0.6 is 0 Å². The number of benzene rings is 1. The van der Waals surface area contributed by atoms with Crippen LogP contribution in [0.3, 0.4) is 0 Å². The molecule has 2 saturated carbocycles. The molecule has 2 aliphatic rings. The quantitative estimate of drug-likeness (QED) is 0.313. The fourth-order valence-corrected chi connectivity index (χ4v) is 5.30. The SMILES string of the molecule is C=CCCOCc1ccc(C2CCC(C3CCC(/C=C/CC)CC3)CC2)cc1. The van der Waals surface area contributed by atoms with E-state index in [2.05, 4.69) is 49.9 Å². The zero-order valence-electron chi connectivity index (χ0n) is 18.0. The van der Waals surface area contributed by atoms with Crippen molar-refractivity contribution in [1.29, 1.82) is 0 Å². The molecule has 0 aliphatic heterocycles. The minimum Gasteiger partial charge on any atom is -0.376 e. The molecular weight excluding hydrogens is 340 g/mol. The number of rotatable bonds is 9. The summed E-state index contributed by atoms with van der Waals surface area (Å²) in [4.78, 5) is 0. The molecule has 0 radical (unpaired) electrons. The normalized spacial score (nSPS) is 28.5. The Bertz CT molecular complexity index is 583. The van der Waals surface area contributed by atoms with Gasteiger partial charge in [0.15, 0.2) is 0 Å². The highest BCUT2D eigenvalue weighted by Crippen LogP contribution is 2.44. The second-order valence-electron chi connectivity index (χ2n) is 8.99. The van der Waals surface area contributed by atoms with Gasteiger partial charge in [0.1, 0.15) is 0 Å². The molecule has 0 heterocycles. The van der Waals surface area contributed by atoms with Crippen molar-refractivity contribution in [2.24, 2.45) is 17.8 Å². The van der Waals surface area contributed by atoms with E-state index in [1.807, 2.05) is 6.08 Å². The summed E-state index contributed by atoms with van der Waals surface area (Å²) in [6.07, 6.45) is 20.3. The third-order valence-electron chi connectivity index (χ3n) is 7.09. The van der Waals surface area contributed by atoms with Crippen LogP contribution in [0.4, 0.5) is 0 Å². The number of allylic oxidation sites excluding steroid dienone is 2. The molecule has 2 aliphatic carbocycles. The molecule has 1 aromatic carbocycles. The van der Waals surface area contributed by atoms with Crippen LogP contribution < -0.4 is 0 Å². The van der Waals surface area contributed by atoms with E-state index in [1.54, 1.807) is 5.56 Å². The van der Waals surface area contributed by atoms with Gasteiger partial charge in [0.2, 0.25) is 0 Å². The summed E-state index contributed by atoms with van der Waals surface area (Å²) in [5.41, 5.74) is 2.83. The van der Waals surface area contributed by atoms with Gasteiger partial charge in [-0.3, -0.25) is 0 Å². The van der Waals surface area contributed by atoms with Crippen molar-refractivity contribution >= 4 is 0 Å². The van der Waals surface area contributed by atoms with Crippen LogP contribution in [0.25, 0.3) is 0 Å². The lowest BCUT2D eigenvalue weighted by atomic mass is 9.68. The van der Waals surface area contributed by atoms with Gasteiger partial charge < -0.3 is 4.74 Å². The Hall–Kier alpha value is -1.34. The minimum atomic E-state index is 0.719. The molecule has 0 N–H and O–H groups in total. The number of hydrogen-bond acceptors (Lipinski definition) is 1. The van der Waals surface area contributed by atoms with Gasteiger partial charge in [0.25, 0.3) is 0 Å². The molecule has 0 saturated heterocycles. The molecule has 0 amide bonds. The zero-order chi connectivity index (χ0) is 19.6. The van der Waals surface area contributed by atoms with E-state index in [-0.39, 0.29) is 0 Å². The van der Waals surface area contributed by atoms with Crippen molar-refractivity contribution in [1.82, 2.24) is 0 Å². The summed E-state index contributed by atoms with van der Waals surface area (Å²) in [6.45, 7) is 7.47. The van der Waals surface area contributed by atoms with Gasteiger partial charge >= 0.3 is 0 Å². The Balaban J connectivity index is 1.40. The summed E-state index contributed by atoms with van der Waals surface area (Å²) in [5.74, 6) is 3.63. The third-order valence-corrected chi connectivity index (χ3v) is 7.09. The summed E-state index contributed by atoms with van der Waals surface area (Å²) in [7, 11) is 0. The molecule has 0 bridgehead atoms. The van der Waals surface area contributed by atoms with Crippen molar-refractivity contribution in [2.75, 3.05) is 6.61 Å². The van der Waals surface area contributed by atoms with Crippen molar-refractivity contribution in [2.45, 2.75) is 83.7 Å². The molecule has 0 atom stereocenters. The van der Waals surface area contributed by atoms with E-state index in [4.69, 9.17) is 4.74 Å². The highest BCUT2D eigenvalue weighted by Gasteiger charge is 2.30. The van der Waals surface area contributed by atoms with Crippen LogP contribution in [0.15, 0.2) is 49.1 Å². The van der Waals surface area contributed by atoms with Crippen molar-refractivity contribution in [3.63, 3.8) is 0 Å². The standard InChI is InChI=1S/C27H40O/c1-3-5-7-22-8-12-24(13-9-22)26-16-18-27(19-17-26)25-14-10-23(11-15-25)21-28-20-6-4-2/h4-5,7,10-11,14-15,22,24,26-27H,2-3,6,8-9,12-13,16-21H2,1H3/b7-5+. The Morgan fingerprint density at radius 2 is 1.57 bits per heavy atom. The molecule has 3 rings (SSSR count). The first kappa shape index (κ1) is 21.4. The van der Waals surface area contributed by atoms with Crippen LogP contribution in [0.2, 0.25) is 0 Å². The van der Waals surface area contributed by atoms with E-state index in [1.165, 1.54) is 63.4 Å². The maximum Gasteiger partial charge on any atom is 0.0717 e. The van der Waals surface area contributed by atoms with Crippen LogP contribution in [0.5, 0.6) is 0 Å².